The topological polar surface area (TPSA) is 96.1 Å². The monoisotopic (exact) mass is 472 g/mol. The Morgan fingerprint density at radius 1 is 0.914 bits per heavy atom. The van der Waals surface area contributed by atoms with Crippen LogP contribution in [0, 0.1) is 11.6 Å². The summed E-state index contributed by atoms with van der Waals surface area (Å²) in [5.41, 5.74) is 2.11. The van der Waals surface area contributed by atoms with Gasteiger partial charge >= 0.3 is 6.03 Å². The summed E-state index contributed by atoms with van der Waals surface area (Å²) >= 11 is 0. The number of carbonyl (C=O) groups is 2. The normalized spacial score (nSPS) is 10.9. The van der Waals surface area contributed by atoms with Crippen LogP contribution in [0.3, 0.4) is 0 Å². The summed E-state index contributed by atoms with van der Waals surface area (Å²) in [7, 11) is 1.57. The van der Waals surface area contributed by atoms with Crippen LogP contribution in [0.5, 0.6) is 5.75 Å². The summed E-state index contributed by atoms with van der Waals surface area (Å²) in [5.74, 6) is -2.53. The van der Waals surface area contributed by atoms with Gasteiger partial charge in [-0.2, -0.15) is 0 Å². The number of aromatic nitrogens is 2. The van der Waals surface area contributed by atoms with Crippen molar-refractivity contribution in [3.8, 4) is 17.0 Å². The summed E-state index contributed by atoms with van der Waals surface area (Å²) < 4.78 is 33.0. The zero-order valence-corrected chi connectivity index (χ0v) is 18.4. The second-order valence-electron chi connectivity index (χ2n) is 7.68. The summed E-state index contributed by atoms with van der Waals surface area (Å²) in [6.07, 6.45) is 0. The maximum atomic E-state index is 13.9. The number of para-hydroxylation sites is 1. The Morgan fingerprint density at radius 2 is 1.63 bits per heavy atom. The fraction of sp³-hybridized carbons (Fsp3) is 0.0385. The molecule has 2 aromatic heterocycles. The molecular formula is C26H18F2N4O3. The van der Waals surface area contributed by atoms with Crippen molar-refractivity contribution in [2.45, 2.75) is 0 Å². The van der Waals surface area contributed by atoms with E-state index in [1.807, 2.05) is 41.7 Å². The molecule has 0 saturated carbocycles. The zero-order valence-electron chi connectivity index (χ0n) is 18.4. The molecular weight excluding hydrogens is 454 g/mol. The van der Waals surface area contributed by atoms with E-state index >= 15 is 0 Å². The van der Waals surface area contributed by atoms with Crippen LogP contribution in [-0.4, -0.2) is 29.0 Å². The first-order chi connectivity index (χ1) is 16.9. The zero-order chi connectivity index (χ0) is 24.5. The number of ether oxygens (including phenoxy) is 1. The van der Waals surface area contributed by atoms with Gasteiger partial charge in [0.15, 0.2) is 0 Å². The number of aromatic amines is 1. The third-order valence-electron chi connectivity index (χ3n) is 5.52. The minimum absolute atomic E-state index is 0.146. The largest absolute Gasteiger partial charge is 0.497 e. The Balaban J connectivity index is 1.53. The lowest BCUT2D eigenvalue weighted by Crippen LogP contribution is -2.35. The van der Waals surface area contributed by atoms with Crippen molar-refractivity contribution in [2.24, 2.45) is 0 Å². The molecule has 0 spiro atoms. The van der Waals surface area contributed by atoms with Crippen LogP contribution < -0.4 is 15.4 Å². The summed E-state index contributed by atoms with van der Waals surface area (Å²) in [6.45, 7) is 0. The molecule has 9 heteroatoms. The fourth-order valence-electron chi connectivity index (χ4n) is 3.90. The molecule has 35 heavy (non-hydrogen) atoms. The number of benzene rings is 3. The molecule has 0 bridgehead atoms. The van der Waals surface area contributed by atoms with Gasteiger partial charge < -0.3 is 9.72 Å². The number of methoxy groups -OCH3 is 1. The number of rotatable bonds is 4. The van der Waals surface area contributed by atoms with Gasteiger partial charge in [0, 0.05) is 21.9 Å². The van der Waals surface area contributed by atoms with Crippen LogP contribution in [0.15, 0.2) is 72.8 Å². The molecule has 0 saturated heterocycles. The number of hydrogen-bond acceptors (Lipinski definition) is 4. The van der Waals surface area contributed by atoms with E-state index in [1.165, 1.54) is 0 Å². The third kappa shape index (κ3) is 4.15. The third-order valence-corrected chi connectivity index (χ3v) is 5.52. The van der Waals surface area contributed by atoms with E-state index in [0.717, 1.165) is 45.6 Å². The Labute approximate surface area is 197 Å². The van der Waals surface area contributed by atoms with Gasteiger partial charge in [-0.05, 0) is 48.5 Å². The molecule has 0 aliphatic carbocycles. The van der Waals surface area contributed by atoms with Gasteiger partial charge in [0.25, 0.3) is 5.91 Å². The molecule has 0 aliphatic heterocycles. The number of anilines is 1. The molecule has 0 unspecified atom stereocenters. The van der Waals surface area contributed by atoms with Crippen molar-refractivity contribution in [1.82, 2.24) is 15.3 Å². The van der Waals surface area contributed by atoms with Crippen molar-refractivity contribution < 1.29 is 23.1 Å². The number of urea groups is 1. The molecule has 2 heterocycles. The SMILES string of the molecule is COc1ccc(-c2nc(NC(=O)NC(=O)c3c(F)cccc3F)cc3c2[nH]c2ccccc23)cc1. The Kier molecular flexibility index (Phi) is 5.58. The van der Waals surface area contributed by atoms with E-state index in [2.05, 4.69) is 15.3 Å². The molecule has 3 amide bonds. The Bertz CT molecular complexity index is 1580. The van der Waals surface area contributed by atoms with Gasteiger partial charge in [-0.15, -0.1) is 0 Å². The molecule has 0 aliphatic rings. The van der Waals surface area contributed by atoms with E-state index in [9.17, 15) is 18.4 Å². The number of fused-ring (bicyclic) bond motifs is 3. The van der Waals surface area contributed by atoms with E-state index in [1.54, 1.807) is 25.3 Å². The first-order valence-electron chi connectivity index (χ1n) is 10.6. The summed E-state index contributed by atoms with van der Waals surface area (Å²) in [6, 6.07) is 18.6. The minimum atomic E-state index is -1.21. The van der Waals surface area contributed by atoms with Gasteiger partial charge in [0.1, 0.15) is 28.8 Å². The predicted octanol–water partition coefficient (Wildman–Crippen LogP) is 5.63. The first kappa shape index (κ1) is 22.0. The predicted molar refractivity (Wildman–Crippen MR) is 128 cm³/mol. The molecule has 5 rings (SSSR count). The van der Waals surface area contributed by atoms with Gasteiger partial charge in [0.2, 0.25) is 0 Å². The number of pyridine rings is 1. The van der Waals surface area contributed by atoms with Crippen LogP contribution in [0.2, 0.25) is 0 Å². The minimum Gasteiger partial charge on any atom is -0.497 e. The molecule has 0 atom stereocenters. The number of amides is 3. The maximum absolute atomic E-state index is 13.9. The maximum Gasteiger partial charge on any atom is 0.327 e. The standard InChI is InChI=1S/C26H18F2N4O3/c1-35-15-11-9-14(10-12-15)23-24-17(16-5-2-3-8-20(16)29-24)13-21(30-23)31-26(34)32-25(33)22-18(27)6-4-7-19(22)28/h2-13,29H,1H3,(H2,30,31,32,33,34). The lowest BCUT2D eigenvalue weighted by Gasteiger charge is -2.10. The smallest absolute Gasteiger partial charge is 0.327 e. The quantitative estimate of drug-likeness (QED) is 0.316. The highest BCUT2D eigenvalue weighted by molar-refractivity contribution is 6.13. The molecule has 0 radical (unpaired) electrons. The second-order valence-corrected chi connectivity index (χ2v) is 7.68. The number of imide groups is 1. The van der Waals surface area contributed by atoms with E-state index in [4.69, 9.17) is 4.74 Å². The molecule has 3 N–H and O–H groups in total. The molecule has 7 nitrogen and oxygen atoms in total. The van der Waals surface area contributed by atoms with Crippen molar-refractivity contribution in [3.05, 3.63) is 90.0 Å². The van der Waals surface area contributed by atoms with Gasteiger partial charge in [-0.25, -0.2) is 18.6 Å². The van der Waals surface area contributed by atoms with Crippen molar-refractivity contribution in [2.75, 3.05) is 12.4 Å². The molecule has 5 aromatic rings. The summed E-state index contributed by atoms with van der Waals surface area (Å²) in [5, 5.41) is 6.15. The van der Waals surface area contributed by atoms with Gasteiger partial charge in [-0.1, -0.05) is 24.3 Å². The van der Waals surface area contributed by atoms with Crippen LogP contribution >= 0.6 is 0 Å². The van der Waals surface area contributed by atoms with E-state index < -0.39 is 29.1 Å². The van der Waals surface area contributed by atoms with Crippen LogP contribution in [-0.2, 0) is 0 Å². The number of hydrogen-bond donors (Lipinski definition) is 3. The van der Waals surface area contributed by atoms with Crippen LogP contribution in [0.4, 0.5) is 19.4 Å². The Hall–Kier alpha value is -4.79. The molecule has 0 fully saturated rings. The number of nitrogens with zero attached hydrogens (tertiary/aromatic N) is 1. The van der Waals surface area contributed by atoms with Crippen molar-refractivity contribution in [1.29, 1.82) is 0 Å². The lowest BCUT2D eigenvalue weighted by molar-refractivity contribution is 0.0959. The number of nitrogens with one attached hydrogen (secondary N) is 3. The fourth-order valence-corrected chi connectivity index (χ4v) is 3.90. The highest BCUT2D eigenvalue weighted by Gasteiger charge is 2.20. The van der Waals surface area contributed by atoms with Crippen molar-refractivity contribution >= 4 is 39.6 Å². The van der Waals surface area contributed by atoms with Crippen LogP contribution in [0.25, 0.3) is 33.1 Å². The van der Waals surface area contributed by atoms with Crippen LogP contribution in [0.1, 0.15) is 10.4 Å². The average Bonchev–Trinajstić information content (AvgIpc) is 3.22. The second kappa shape index (κ2) is 8.86. The lowest BCUT2D eigenvalue weighted by atomic mass is 10.1. The summed E-state index contributed by atoms with van der Waals surface area (Å²) in [4.78, 5) is 32.8. The van der Waals surface area contributed by atoms with Gasteiger partial charge in [-0.3, -0.25) is 15.4 Å². The average molecular weight is 472 g/mol. The highest BCUT2D eigenvalue weighted by Crippen LogP contribution is 2.34. The number of carbonyl (C=O) groups excluding carboxylic acids is 2. The molecule has 174 valence electrons. The van der Waals surface area contributed by atoms with Crippen molar-refractivity contribution in [3.63, 3.8) is 0 Å². The van der Waals surface area contributed by atoms with Gasteiger partial charge in [0.05, 0.1) is 18.3 Å². The highest BCUT2D eigenvalue weighted by atomic mass is 19.1. The van der Waals surface area contributed by atoms with E-state index in [0.29, 0.717) is 11.4 Å². The number of H-pyrrole nitrogens is 1. The van der Waals surface area contributed by atoms with E-state index in [-0.39, 0.29) is 5.82 Å². The first-order valence-corrected chi connectivity index (χ1v) is 10.6. The Morgan fingerprint density at radius 3 is 2.34 bits per heavy atom. The number of halogens is 2. The molecule has 3 aromatic carbocycles.